The van der Waals surface area contributed by atoms with E-state index >= 15 is 0 Å². The van der Waals surface area contributed by atoms with Crippen LogP contribution in [0.2, 0.25) is 10.0 Å². The average molecular weight is 389 g/mol. The first kappa shape index (κ1) is 16.6. The molecule has 0 radical (unpaired) electrons. The summed E-state index contributed by atoms with van der Waals surface area (Å²) < 4.78 is 6.18. The number of rotatable bonds is 5. The summed E-state index contributed by atoms with van der Waals surface area (Å²) in [4.78, 5) is 0. The maximum atomic E-state index is 6.41. The summed E-state index contributed by atoms with van der Waals surface area (Å²) in [5.41, 5.74) is 1.96. The number of halogens is 3. The standard InChI is InChI=1S/C16H16BrCl2NO/c1-3-20-16(13-8-10(17)4-7-14(13)18)12-6-5-11(21-2)9-15(12)19/h4-9,16,20H,3H2,1-2H3. The van der Waals surface area contributed by atoms with Crippen LogP contribution in [0, 0.1) is 0 Å². The van der Waals surface area contributed by atoms with E-state index in [1.807, 2.05) is 36.4 Å². The Morgan fingerprint density at radius 2 is 1.86 bits per heavy atom. The molecular formula is C16H16BrCl2NO. The first-order valence-corrected chi connectivity index (χ1v) is 8.13. The summed E-state index contributed by atoms with van der Waals surface area (Å²) in [6.07, 6.45) is 0. The van der Waals surface area contributed by atoms with E-state index in [1.54, 1.807) is 7.11 Å². The minimum absolute atomic E-state index is 0.0709. The van der Waals surface area contributed by atoms with Gasteiger partial charge in [-0.2, -0.15) is 0 Å². The van der Waals surface area contributed by atoms with Crippen LogP contribution in [-0.4, -0.2) is 13.7 Å². The maximum absolute atomic E-state index is 6.41. The van der Waals surface area contributed by atoms with Crippen molar-refractivity contribution in [1.29, 1.82) is 0 Å². The van der Waals surface area contributed by atoms with Crippen molar-refractivity contribution in [2.45, 2.75) is 13.0 Å². The van der Waals surface area contributed by atoms with Crippen LogP contribution in [0.25, 0.3) is 0 Å². The van der Waals surface area contributed by atoms with Crippen LogP contribution < -0.4 is 10.1 Å². The van der Waals surface area contributed by atoms with Gasteiger partial charge in [-0.05, 0) is 48.0 Å². The molecule has 0 aromatic heterocycles. The van der Waals surface area contributed by atoms with Gasteiger partial charge in [0.05, 0.1) is 13.2 Å². The van der Waals surface area contributed by atoms with Gasteiger partial charge in [0.15, 0.2) is 0 Å². The zero-order valence-electron chi connectivity index (χ0n) is 11.8. The molecule has 0 heterocycles. The number of hydrogen-bond acceptors (Lipinski definition) is 2. The maximum Gasteiger partial charge on any atom is 0.120 e. The molecule has 112 valence electrons. The molecule has 1 N–H and O–H groups in total. The Morgan fingerprint density at radius 1 is 1.10 bits per heavy atom. The molecule has 0 bridgehead atoms. The molecule has 1 unspecified atom stereocenters. The van der Waals surface area contributed by atoms with Gasteiger partial charge >= 0.3 is 0 Å². The average Bonchev–Trinajstić information content (AvgIpc) is 2.48. The molecule has 1 atom stereocenters. The van der Waals surface area contributed by atoms with Crippen molar-refractivity contribution >= 4 is 39.1 Å². The molecule has 0 aliphatic carbocycles. The fourth-order valence-corrected chi connectivity index (χ4v) is 3.08. The highest BCUT2D eigenvalue weighted by Gasteiger charge is 2.19. The van der Waals surface area contributed by atoms with Gasteiger partial charge in [-0.25, -0.2) is 0 Å². The Labute approximate surface area is 143 Å². The Balaban J connectivity index is 2.50. The van der Waals surface area contributed by atoms with Crippen LogP contribution in [0.4, 0.5) is 0 Å². The monoisotopic (exact) mass is 387 g/mol. The molecule has 5 heteroatoms. The van der Waals surface area contributed by atoms with Gasteiger partial charge in [-0.3, -0.25) is 0 Å². The summed E-state index contributed by atoms with van der Waals surface area (Å²) in [5, 5.41) is 4.79. The van der Waals surface area contributed by atoms with Crippen LogP contribution in [0.5, 0.6) is 5.75 Å². The van der Waals surface area contributed by atoms with E-state index in [0.29, 0.717) is 10.0 Å². The van der Waals surface area contributed by atoms with E-state index in [2.05, 4.69) is 28.2 Å². The summed E-state index contributed by atoms with van der Waals surface area (Å²) in [7, 11) is 1.62. The van der Waals surface area contributed by atoms with Crippen LogP contribution in [0.15, 0.2) is 40.9 Å². The highest BCUT2D eigenvalue weighted by Crippen LogP contribution is 2.35. The predicted molar refractivity (Wildman–Crippen MR) is 92.7 cm³/mol. The number of benzene rings is 2. The molecule has 2 aromatic rings. The lowest BCUT2D eigenvalue weighted by molar-refractivity contribution is 0.414. The van der Waals surface area contributed by atoms with Crippen molar-refractivity contribution in [3.8, 4) is 5.75 Å². The van der Waals surface area contributed by atoms with E-state index in [-0.39, 0.29) is 6.04 Å². The molecule has 0 aliphatic heterocycles. The molecule has 21 heavy (non-hydrogen) atoms. The molecule has 0 saturated heterocycles. The number of ether oxygens (including phenoxy) is 1. The van der Waals surface area contributed by atoms with Gasteiger partial charge in [0.1, 0.15) is 5.75 Å². The minimum Gasteiger partial charge on any atom is -0.497 e. The number of methoxy groups -OCH3 is 1. The second-order valence-electron chi connectivity index (χ2n) is 4.54. The molecule has 2 aromatic carbocycles. The highest BCUT2D eigenvalue weighted by atomic mass is 79.9. The first-order valence-electron chi connectivity index (χ1n) is 6.58. The van der Waals surface area contributed by atoms with Crippen molar-refractivity contribution in [2.24, 2.45) is 0 Å². The molecular weight excluding hydrogens is 373 g/mol. The lowest BCUT2D eigenvalue weighted by Gasteiger charge is -2.22. The van der Waals surface area contributed by atoms with Crippen LogP contribution in [0.3, 0.4) is 0 Å². The van der Waals surface area contributed by atoms with Crippen molar-refractivity contribution in [1.82, 2.24) is 5.32 Å². The zero-order chi connectivity index (χ0) is 15.4. The minimum atomic E-state index is -0.0709. The predicted octanol–water partition coefficient (Wildman–Crippen LogP) is 5.46. The topological polar surface area (TPSA) is 21.3 Å². The van der Waals surface area contributed by atoms with E-state index < -0.39 is 0 Å². The van der Waals surface area contributed by atoms with E-state index in [4.69, 9.17) is 27.9 Å². The largest absolute Gasteiger partial charge is 0.497 e. The van der Waals surface area contributed by atoms with Crippen LogP contribution in [0.1, 0.15) is 24.1 Å². The number of hydrogen-bond donors (Lipinski definition) is 1. The SMILES string of the molecule is CCNC(c1ccc(OC)cc1Cl)c1cc(Br)ccc1Cl. The fraction of sp³-hybridized carbons (Fsp3) is 0.250. The van der Waals surface area contributed by atoms with Gasteiger partial charge in [-0.15, -0.1) is 0 Å². The molecule has 2 rings (SSSR count). The Bertz CT molecular complexity index is 634. The Hall–Kier alpha value is -0.740. The molecule has 0 aliphatic rings. The van der Waals surface area contributed by atoms with E-state index in [1.165, 1.54) is 0 Å². The highest BCUT2D eigenvalue weighted by molar-refractivity contribution is 9.10. The van der Waals surface area contributed by atoms with Crippen LogP contribution in [-0.2, 0) is 0 Å². The van der Waals surface area contributed by atoms with Gasteiger partial charge < -0.3 is 10.1 Å². The summed E-state index contributed by atoms with van der Waals surface area (Å²) in [6.45, 7) is 2.85. The van der Waals surface area contributed by atoms with Gasteiger partial charge in [0, 0.05) is 14.5 Å². The second kappa shape index (κ2) is 7.50. The fourth-order valence-electron chi connectivity index (χ4n) is 2.20. The summed E-state index contributed by atoms with van der Waals surface area (Å²) in [6, 6.07) is 11.4. The summed E-state index contributed by atoms with van der Waals surface area (Å²) in [5.74, 6) is 0.735. The van der Waals surface area contributed by atoms with Crippen molar-refractivity contribution in [3.63, 3.8) is 0 Å². The third kappa shape index (κ3) is 3.92. The lowest BCUT2D eigenvalue weighted by Crippen LogP contribution is -2.22. The van der Waals surface area contributed by atoms with Gasteiger partial charge in [0.25, 0.3) is 0 Å². The smallest absolute Gasteiger partial charge is 0.120 e. The number of nitrogens with one attached hydrogen (secondary N) is 1. The first-order chi connectivity index (χ1) is 10.1. The normalized spacial score (nSPS) is 12.2. The van der Waals surface area contributed by atoms with Crippen LogP contribution >= 0.6 is 39.1 Å². The zero-order valence-corrected chi connectivity index (χ0v) is 14.9. The third-order valence-electron chi connectivity index (χ3n) is 3.20. The molecule has 2 nitrogen and oxygen atoms in total. The quantitative estimate of drug-likeness (QED) is 0.733. The van der Waals surface area contributed by atoms with Crippen molar-refractivity contribution in [3.05, 3.63) is 62.0 Å². The lowest BCUT2D eigenvalue weighted by atomic mass is 9.98. The molecule has 0 fully saturated rings. The summed E-state index contributed by atoms with van der Waals surface area (Å²) >= 11 is 16.3. The Kier molecular flexibility index (Phi) is 5.94. The third-order valence-corrected chi connectivity index (χ3v) is 4.36. The van der Waals surface area contributed by atoms with Gasteiger partial charge in [0.2, 0.25) is 0 Å². The second-order valence-corrected chi connectivity index (χ2v) is 6.27. The van der Waals surface area contributed by atoms with E-state index in [9.17, 15) is 0 Å². The van der Waals surface area contributed by atoms with E-state index in [0.717, 1.165) is 27.9 Å². The van der Waals surface area contributed by atoms with Gasteiger partial charge in [-0.1, -0.05) is 52.1 Å². The van der Waals surface area contributed by atoms with Crippen molar-refractivity contribution in [2.75, 3.05) is 13.7 Å². The molecule has 0 saturated carbocycles. The molecule has 0 spiro atoms. The molecule has 0 amide bonds. The van der Waals surface area contributed by atoms with Crippen molar-refractivity contribution < 1.29 is 4.74 Å². The Morgan fingerprint density at radius 3 is 2.48 bits per heavy atom.